The quantitative estimate of drug-likeness (QED) is 0.691. The largest absolute Gasteiger partial charge is 0.296 e. The summed E-state index contributed by atoms with van der Waals surface area (Å²) in [7, 11) is 0. The SMILES string of the molecule is N#Cc1cccc(-c2ccc3c(=O)n4c(nc3c2)CCCCC4)n1. The van der Waals surface area contributed by atoms with Crippen molar-refractivity contribution in [2.45, 2.75) is 32.2 Å². The zero-order valence-corrected chi connectivity index (χ0v) is 13.2. The van der Waals surface area contributed by atoms with E-state index in [0.29, 0.717) is 22.3 Å². The van der Waals surface area contributed by atoms with Crippen molar-refractivity contribution < 1.29 is 0 Å². The van der Waals surface area contributed by atoms with Gasteiger partial charge in [0.15, 0.2) is 0 Å². The number of rotatable bonds is 1. The van der Waals surface area contributed by atoms with Crippen molar-refractivity contribution in [3.8, 4) is 17.3 Å². The van der Waals surface area contributed by atoms with Gasteiger partial charge in [0, 0.05) is 18.5 Å². The van der Waals surface area contributed by atoms with E-state index in [9.17, 15) is 4.79 Å². The molecule has 1 aromatic carbocycles. The van der Waals surface area contributed by atoms with Crippen molar-refractivity contribution >= 4 is 10.9 Å². The Morgan fingerprint density at radius 1 is 1.08 bits per heavy atom. The molecular formula is C19H16N4O. The average Bonchev–Trinajstić information content (AvgIpc) is 2.87. The molecule has 0 radical (unpaired) electrons. The van der Waals surface area contributed by atoms with Gasteiger partial charge in [-0.1, -0.05) is 18.6 Å². The fourth-order valence-corrected chi connectivity index (χ4v) is 3.24. The maximum Gasteiger partial charge on any atom is 0.261 e. The molecule has 0 fully saturated rings. The zero-order valence-electron chi connectivity index (χ0n) is 13.2. The number of hydrogen-bond acceptors (Lipinski definition) is 4. The molecule has 0 atom stereocenters. The first-order chi connectivity index (χ1) is 11.8. The molecule has 2 aromatic heterocycles. The zero-order chi connectivity index (χ0) is 16.5. The summed E-state index contributed by atoms with van der Waals surface area (Å²) in [4.78, 5) is 21.8. The first-order valence-electron chi connectivity index (χ1n) is 8.17. The molecule has 0 saturated carbocycles. The molecule has 0 bridgehead atoms. The first kappa shape index (κ1) is 14.6. The molecule has 0 aliphatic carbocycles. The second kappa shape index (κ2) is 5.89. The third-order valence-corrected chi connectivity index (χ3v) is 4.48. The van der Waals surface area contributed by atoms with Crippen molar-refractivity contribution in [3.05, 3.63) is 58.3 Å². The van der Waals surface area contributed by atoms with Crippen LogP contribution in [0.25, 0.3) is 22.2 Å². The molecule has 0 amide bonds. The van der Waals surface area contributed by atoms with E-state index < -0.39 is 0 Å². The van der Waals surface area contributed by atoms with E-state index in [2.05, 4.69) is 11.1 Å². The Kier molecular flexibility index (Phi) is 3.58. The molecule has 0 spiro atoms. The summed E-state index contributed by atoms with van der Waals surface area (Å²) in [6.07, 6.45) is 4.08. The summed E-state index contributed by atoms with van der Waals surface area (Å²) in [5, 5.41) is 9.65. The van der Waals surface area contributed by atoms with Crippen LogP contribution in [0, 0.1) is 11.3 Å². The van der Waals surface area contributed by atoms with Crippen LogP contribution in [0.1, 0.15) is 30.8 Å². The van der Waals surface area contributed by atoms with E-state index in [1.165, 1.54) is 0 Å². The molecule has 0 saturated heterocycles. The third-order valence-electron chi connectivity index (χ3n) is 4.48. The van der Waals surface area contributed by atoms with Crippen LogP contribution < -0.4 is 5.56 Å². The maximum absolute atomic E-state index is 12.7. The van der Waals surface area contributed by atoms with Gasteiger partial charge in [0.1, 0.15) is 17.6 Å². The van der Waals surface area contributed by atoms with E-state index in [1.54, 1.807) is 6.07 Å². The van der Waals surface area contributed by atoms with E-state index in [0.717, 1.165) is 43.6 Å². The van der Waals surface area contributed by atoms with Crippen LogP contribution in [-0.2, 0) is 13.0 Å². The number of fused-ring (bicyclic) bond motifs is 2. The highest BCUT2D eigenvalue weighted by atomic mass is 16.1. The molecule has 5 nitrogen and oxygen atoms in total. The lowest BCUT2D eigenvalue weighted by Crippen LogP contribution is -2.24. The smallest absolute Gasteiger partial charge is 0.261 e. The molecular weight excluding hydrogens is 300 g/mol. The number of aryl methyl sites for hydroxylation is 1. The molecule has 24 heavy (non-hydrogen) atoms. The molecule has 3 aromatic rings. The Bertz CT molecular complexity index is 1030. The number of nitriles is 1. The summed E-state index contributed by atoms with van der Waals surface area (Å²) in [6, 6.07) is 13.0. The minimum absolute atomic E-state index is 0.0437. The predicted molar refractivity (Wildman–Crippen MR) is 91.5 cm³/mol. The number of aromatic nitrogens is 3. The Morgan fingerprint density at radius 2 is 2.00 bits per heavy atom. The number of benzene rings is 1. The minimum atomic E-state index is 0.0437. The van der Waals surface area contributed by atoms with Gasteiger partial charge >= 0.3 is 0 Å². The van der Waals surface area contributed by atoms with Gasteiger partial charge in [-0.25, -0.2) is 9.97 Å². The fraction of sp³-hybridized carbons (Fsp3) is 0.263. The van der Waals surface area contributed by atoms with Gasteiger partial charge in [-0.05, 0) is 37.1 Å². The number of pyridine rings is 1. The van der Waals surface area contributed by atoms with Crippen LogP contribution in [0.2, 0.25) is 0 Å². The summed E-state index contributed by atoms with van der Waals surface area (Å²) < 4.78 is 1.82. The summed E-state index contributed by atoms with van der Waals surface area (Å²) in [5.74, 6) is 0.876. The van der Waals surface area contributed by atoms with E-state index >= 15 is 0 Å². The number of hydrogen-bond donors (Lipinski definition) is 0. The van der Waals surface area contributed by atoms with Crippen LogP contribution >= 0.6 is 0 Å². The first-order valence-corrected chi connectivity index (χ1v) is 8.17. The minimum Gasteiger partial charge on any atom is -0.296 e. The lowest BCUT2D eigenvalue weighted by molar-refractivity contribution is 0.614. The Balaban J connectivity index is 1.89. The van der Waals surface area contributed by atoms with Crippen LogP contribution in [-0.4, -0.2) is 14.5 Å². The molecule has 1 aliphatic heterocycles. The topological polar surface area (TPSA) is 71.6 Å². The molecule has 0 unspecified atom stereocenters. The molecule has 118 valence electrons. The maximum atomic E-state index is 12.7. The van der Waals surface area contributed by atoms with Crippen LogP contribution in [0.3, 0.4) is 0 Å². The summed E-state index contributed by atoms with van der Waals surface area (Å²) in [5.41, 5.74) is 2.71. The van der Waals surface area contributed by atoms with E-state index in [4.69, 9.17) is 10.2 Å². The van der Waals surface area contributed by atoms with Crippen LogP contribution in [0.5, 0.6) is 0 Å². The predicted octanol–water partition coefficient (Wildman–Crippen LogP) is 3.06. The highest BCUT2D eigenvalue weighted by Crippen LogP contribution is 2.22. The fourth-order valence-electron chi connectivity index (χ4n) is 3.24. The second-order valence-corrected chi connectivity index (χ2v) is 6.05. The Morgan fingerprint density at radius 3 is 2.88 bits per heavy atom. The van der Waals surface area contributed by atoms with Crippen LogP contribution in [0.15, 0.2) is 41.2 Å². The van der Waals surface area contributed by atoms with Crippen molar-refractivity contribution in [1.29, 1.82) is 5.26 Å². The van der Waals surface area contributed by atoms with Crippen molar-refractivity contribution in [2.24, 2.45) is 0 Å². The number of nitrogens with zero attached hydrogens (tertiary/aromatic N) is 4. The summed E-state index contributed by atoms with van der Waals surface area (Å²) >= 11 is 0. The van der Waals surface area contributed by atoms with E-state index in [1.807, 2.05) is 34.9 Å². The summed E-state index contributed by atoms with van der Waals surface area (Å²) in [6.45, 7) is 0.755. The van der Waals surface area contributed by atoms with Gasteiger partial charge in [0.05, 0.1) is 16.6 Å². The van der Waals surface area contributed by atoms with Gasteiger partial charge in [-0.2, -0.15) is 5.26 Å². The third kappa shape index (κ3) is 2.46. The molecule has 4 rings (SSSR count). The average molecular weight is 316 g/mol. The van der Waals surface area contributed by atoms with Gasteiger partial charge in [-0.15, -0.1) is 0 Å². The van der Waals surface area contributed by atoms with Crippen molar-refractivity contribution in [1.82, 2.24) is 14.5 Å². The standard InChI is InChI=1S/C19H16N4O/c20-12-14-5-4-6-16(21-14)13-8-9-15-17(11-13)22-18-7-2-1-3-10-23(18)19(15)24/h4-6,8-9,11H,1-3,7,10H2. The van der Waals surface area contributed by atoms with E-state index in [-0.39, 0.29) is 5.56 Å². The second-order valence-electron chi connectivity index (χ2n) is 6.05. The lowest BCUT2D eigenvalue weighted by atomic mass is 10.1. The Hall–Kier alpha value is -3.00. The van der Waals surface area contributed by atoms with Gasteiger partial charge in [-0.3, -0.25) is 9.36 Å². The molecule has 5 heteroatoms. The van der Waals surface area contributed by atoms with Crippen LogP contribution in [0.4, 0.5) is 0 Å². The normalized spacial score (nSPS) is 14.0. The molecule has 1 aliphatic rings. The Labute approximate surface area is 139 Å². The van der Waals surface area contributed by atoms with Crippen molar-refractivity contribution in [3.63, 3.8) is 0 Å². The highest BCUT2D eigenvalue weighted by Gasteiger charge is 2.14. The lowest BCUT2D eigenvalue weighted by Gasteiger charge is -2.11. The van der Waals surface area contributed by atoms with Gasteiger partial charge in [0.2, 0.25) is 0 Å². The van der Waals surface area contributed by atoms with Gasteiger partial charge < -0.3 is 0 Å². The van der Waals surface area contributed by atoms with Crippen molar-refractivity contribution in [2.75, 3.05) is 0 Å². The molecule has 3 heterocycles. The monoisotopic (exact) mass is 316 g/mol. The van der Waals surface area contributed by atoms with Gasteiger partial charge in [0.25, 0.3) is 5.56 Å². The molecule has 0 N–H and O–H groups in total. The highest BCUT2D eigenvalue weighted by molar-refractivity contribution is 5.83.